The number of ether oxygens (including phenoxy) is 2. The number of hydrogen-bond donors (Lipinski definition) is 0. The number of halogens is 2. The number of hydrogen-bond acceptors (Lipinski definition) is 3. The largest absolute Gasteiger partial charge is 0.454 e. The van der Waals surface area contributed by atoms with Crippen LogP contribution in [-0.2, 0) is 12.8 Å². The summed E-state index contributed by atoms with van der Waals surface area (Å²) in [4.78, 5) is 2.42. The molecular weight excluding hydrogens is 345 g/mol. The number of rotatable bonds is 3. The first-order chi connectivity index (χ1) is 11.6. The molecule has 2 heterocycles. The lowest BCUT2D eigenvalue weighted by atomic mass is 9.89. The fraction of sp³-hybridized carbons (Fsp3) is 0.368. The Bertz CT molecular complexity index is 778. The molecule has 0 saturated heterocycles. The van der Waals surface area contributed by atoms with Gasteiger partial charge in [-0.2, -0.15) is 0 Å². The molecule has 3 nitrogen and oxygen atoms in total. The zero-order valence-electron chi connectivity index (χ0n) is 13.5. The van der Waals surface area contributed by atoms with Gasteiger partial charge in [0, 0.05) is 12.6 Å². The Hall–Kier alpha value is -1.42. The maximum Gasteiger partial charge on any atom is 0.231 e. The molecule has 1 unspecified atom stereocenters. The van der Waals surface area contributed by atoms with Crippen molar-refractivity contribution >= 4 is 23.2 Å². The average Bonchev–Trinajstić information content (AvgIpc) is 3.02. The van der Waals surface area contributed by atoms with Crippen molar-refractivity contribution in [3.05, 3.63) is 57.1 Å². The highest BCUT2D eigenvalue weighted by molar-refractivity contribution is 6.42. The van der Waals surface area contributed by atoms with Crippen molar-refractivity contribution < 1.29 is 9.47 Å². The van der Waals surface area contributed by atoms with E-state index in [9.17, 15) is 0 Å². The smallest absolute Gasteiger partial charge is 0.231 e. The van der Waals surface area contributed by atoms with E-state index in [0.717, 1.165) is 37.3 Å². The molecule has 0 saturated carbocycles. The average molecular weight is 364 g/mol. The van der Waals surface area contributed by atoms with Crippen LogP contribution in [0.25, 0.3) is 0 Å². The monoisotopic (exact) mass is 363 g/mol. The summed E-state index contributed by atoms with van der Waals surface area (Å²) in [5.41, 5.74) is 3.94. The second kappa shape index (κ2) is 6.47. The van der Waals surface area contributed by atoms with Crippen LogP contribution in [0.3, 0.4) is 0 Å². The van der Waals surface area contributed by atoms with E-state index in [1.165, 1.54) is 16.7 Å². The Kier molecular flexibility index (Phi) is 4.33. The van der Waals surface area contributed by atoms with Crippen LogP contribution in [0.5, 0.6) is 11.5 Å². The van der Waals surface area contributed by atoms with Crippen molar-refractivity contribution in [2.75, 3.05) is 20.4 Å². The van der Waals surface area contributed by atoms with Gasteiger partial charge in [-0.25, -0.2) is 0 Å². The topological polar surface area (TPSA) is 21.7 Å². The summed E-state index contributed by atoms with van der Waals surface area (Å²) in [6.45, 7) is 1.38. The summed E-state index contributed by atoms with van der Waals surface area (Å²) in [5.74, 6) is 1.74. The van der Waals surface area contributed by atoms with Crippen LogP contribution in [0, 0.1) is 0 Å². The molecule has 0 aliphatic carbocycles. The first-order valence-electron chi connectivity index (χ1n) is 8.18. The summed E-state index contributed by atoms with van der Waals surface area (Å²) in [6.07, 6.45) is 3.03. The van der Waals surface area contributed by atoms with Crippen LogP contribution in [0.2, 0.25) is 10.0 Å². The van der Waals surface area contributed by atoms with E-state index in [1.54, 1.807) is 0 Å². The lowest BCUT2D eigenvalue weighted by Crippen LogP contribution is -2.32. The Morgan fingerprint density at radius 3 is 2.67 bits per heavy atom. The van der Waals surface area contributed by atoms with Crippen LogP contribution < -0.4 is 9.47 Å². The van der Waals surface area contributed by atoms with Gasteiger partial charge in [-0.05, 0) is 67.3 Å². The molecule has 0 fully saturated rings. The zero-order valence-corrected chi connectivity index (χ0v) is 15.0. The minimum atomic E-state index is 0.321. The first-order valence-corrected chi connectivity index (χ1v) is 8.94. The Labute approximate surface area is 152 Å². The van der Waals surface area contributed by atoms with E-state index in [-0.39, 0.29) is 0 Å². The van der Waals surface area contributed by atoms with E-state index in [0.29, 0.717) is 22.9 Å². The standard InChI is InChI=1S/C19H19Cl2NO2/c1-22-7-6-13-9-18-19(24-11-23-18)10-14(13)17(22)5-3-12-2-4-15(20)16(21)8-12/h2,4,8-10,17H,3,5-7,11H2,1H3. The van der Waals surface area contributed by atoms with Crippen molar-refractivity contribution in [2.45, 2.75) is 25.3 Å². The third-order valence-electron chi connectivity index (χ3n) is 4.95. The van der Waals surface area contributed by atoms with Crippen LogP contribution in [-0.4, -0.2) is 25.3 Å². The van der Waals surface area contributed by atoms with Crippen LogP contribution in [0.15, 0.2) is 30.3 Å². The van der Waals surface area contributed by atoms with Gasteiger partial charge in [0.2, 0.25) is 6.79 Å². The summed E-state index contributed by atoms with van der Waals surface area (Å²) < 4.78 is 11.1. The summed E-state index contributed by atoms with van der Waals surface area (Å²) in [5, 5.41) is 1.23. The van der Waals surface area contributed by atoms with Gasteiger partial charge in [-0.15, -0.1) is 0 Å². The molecule has 0 spiro atoms. The molecule has 2 aliphatic heterocycles. The van der Waals surface area contributed by atoms with E-state index >= 15 is 0 Å². The van der Waals surface area contributed by atoms with Gasteiger partial charge in [0.15, 0.2) is 11.5 Å². The number of likely N-dealkylation sites (N-methyl/N-ethyl adjacent to an activating group) is 1. The summed E-state index contributed by atoms with van der Waals surface area (Å²) in [7, 11) is 2.19. The van der Waals surface area contributed by atoms with Crippen LogP contribution in [0.1, 0.15) is 29.2 Å². The predicted octanol–water partition coefficient (Wildman–Crippen LogP) is 4.88. The number of nitrogens with zero attached hydrogens (tertiary/aromatic N) is 1. The van der Waals surface area contributed by atoms with E-state index in [4.69, 9.17) is 32.7 Å². The molecule has 0 amide bonds. The minimum Gasteiger partial charge on any atom is -0.454 e. The highest BCUT2D eigenvalue weighted by Gasteiger charge is 2.28. The number of aryl methyl sites for hydroxylation is 1. The molecule has 0 aromatic heterocycles. The second-order valence-electron chi connectivity index (χ2n) is 6.44. The number of fused-ring (bicyclic) bond motifs is 2. The van der Waals surface area contributed by atoms with E-state index in [2.05, 4.69) is 30.1 Å². The molecule has 126 valence electrons. The molecule has 0 radical (unpaired) electrons. The van der Waals surface area contributed by atoms with Gasteiger partial charge < -0.3 is 9.47 Å². The highest BCUT2D eigenvalue weighted by atomic mass is 35.5. The normalized spacial score (nSPS) is 19.4. The maximum atomic E-state index is 6.14. The molecule has 1 atom stereocenters. The molecule has 2 aliphatic rings. The lowest BCUT2D eigenvalue weighted by molar-refractivity contribution is 0.174. The molecule has 0 bridgehead atoms. The molecule has 0 N–H and O–H groups in total. The fourth-order valence-electron chi connectivity index (χ4n) is 3.59. The van der Waals surface area contributed by atoms with Gasteiger partial charge in [0.05, 0.1) is 10.0 Å². The van der Waals surface area contributed by atoms with Crippen molar-refractivity contribution in [3.8, 4) is 11.5 Å². The predicted molar refractivity (Wildman–Crippen MR) is 96.4 cm³/mol. The van der Waals surface area contributed by atoms with E-state index < -0.39 is 0 Å². The zero-order chi connectivity index (χ0) is 16.7. The quantitative estimate of drug-likeness (QED) is 0.775. The van der Waals surface area contributed by atoms with Gasteiger partial charge in [0.25, 0.3) is 0 Å². The molecular formula is C19H19Cl2NO2. The van der Waals surface area contributed by atoms with Crippen molar-refractivity contribution in [1.29, 1.82) is 0 Å². The molecule has 4 rings (SSSR count). The Morgan fingerprint density at radius 1 is 1.08 bits per heavy atom. The highest BCUT2D eigenvalue weighted by Crippen LogP contribution is 2.41. The third-order valence-corrected chi connectivity index (χ3v) is 5.69. The third kappa shape index (κ3) is 2.97. The maximum absolute atomic E-state index is 6.14. The SMILES string of the molecule is CN1CCc2cc3c(cc2C1CCc1ccc(Cl)c(Cl)c1)OCO3. The molecule has 24 heavy (non-hydrogen) atoms. The Balaban J connectivity index is 1.58. The lowest BCUT2D eigenvalue weighted by Gasteiger charge is -2.35. The molecule has 2 aromatic carbocycles. The first kappa shape index (κ1) is 16.1. The fourth-order valence-corrected chi connectivity index (χ4v) is 3.91. The molecule has 5 heteroatoms. The van der Waals surface area contributed by atoms with E-state index in [1.807, 2.05) is 12.1 Å². The van der Waals surface area contributed by atoms with Gasteiger partial charge in [-0.1, -0.05) is 29.3 Å². The van der Waals surface area contributed by atoms with Gasteiger partial charge in [0.1, 0.15) is 0 Å². The summed E-state index contributed by atoms with van der Waals surface area (Å²) >= 11 is 12.1. The van der Waals surface area contributed by atoms with Crippen molar-refractivity contribution in [2.24, 2.45) is 0 Å². The van der Waals surface area contributed by atoms with Gasteiger partial charge >= 0.3 is 0 Å². The number of benzene rings is 2. The van der Waals surface area contributed by atoms with Crippen molar-refractivity contribution in [1.82, 2.24) is 4.90 Å². The Morgan fingerprint density at radius 2 is 1.88 bits per heavy atom. The van der Waals surface area contributed by atoms with Crippen LogP contribution in [0.4, 0.5) is 0 Å². The molecule has 2 aromatic rings. The van der Waals surface area contributed by atoms with Crippen molar-refractivity contribution in [3.63, 3.8) is 0 Å². The van der Waals surface area contributed by atoms with Crippen LogP contribution >= 0.6 is 23.2 Å². The second-order valence-corrected chi connectivity index (χ2v) is 7.25. The minimum absolute atomic E-state index is 0.321. The summed E-state index contributed by atoms with van der Waals surface area (Å²) in [6, 6.07) is 10.6. The van der Waals surface area contributed by atoms with Gasteiger partial charge in [-0.3, -0.25) is 4.90 Å².